The van der Waals surface area contributed by atoms with Crippen molar-refractivity contribution in [1.29, 1.82) is 0 Å². The van der Waals surface area contributed by atoms with Crippen LogP contribution < -0.4 is 4.72 Å². The molecule has 0 saturated heterocycles. The number of benzene rings is 3. The lowest BCUT2D eigenvalue weighted by atomic mass is 10.3. The van der Waals surface area contributed by atoms with Gasteiger partial charge in [0.25, 0.3) is 10.0 Å². The zero-order valence-corrected chi connectivity index (χ0v) is 16.0. The maximum absolute atomic E-state index is 12.4. The van der Waals surface area contributed by atoms with Crippen LogP contribution in [0.1, 0.15) is 0 Å². The number of sulfonamides is 1. The Kier molecular flexibility index (Phi) is 5.59. The van der Waals surface area contributed by atoms with Crippen molar-refractivity contribution in [2.45, 2.75) is 14.7 Å². The van der Waals surface area contributed by atoms with E-state index in [0.717, 1.165) is 9.79 Å². The van der Waals surface area contributed by atoms with E-state index < -0.39 is 10.0 Å². The molecule has 7 heteroatoms. The van der Waals surface area contributed by atoms with Gasteiger partial charge in [0.2, 0.25) is 0 Å². The molecular weight excluding hydrogens is 397 g/mol. The summed E-state index contributed by atoms with van der Waals surface area (Å²) in [7, 11) is -3.72. The van der Waals surface area contributed by atoms with Crippen molar-refractivity contribution in [3.05, 3.63) is 82.8 Å². The minimum atomic E-state index is -3.72. The minimum absolute atomic E-state index is 0.0598. The molecule has 3 rings (SSSR count). The van der Waals surface area contributed by atoms with Gasteiger partial charge in [-0.25, -0.2) is 8.42 Å². The second kappa shape index (κ2) is 7.70. The zero-order valence-electron chi connectivity index (χ0n) is 12.8. The molecule has 25 heavy (non-hydrogen) atoms. The summed E-state index contributed by atoms with van der Waals surface area (Å²) in [5.41, 5.74) is 0.475. The molecule has 0 aliphatic heterocycles. The van der Waals surface area contributed by atoms with Gasteiger partial charge in [0.15, 0.2) is 0 Å². The van der Waals surface area contributed by atoms with Gasteiger partial charge in [0.1, 0.15) is 0 Å². The van der Waals surface area contributed by atoms with Gasteiger partial charge >= 0.3 is 0 Å². The summed E-state index contributed by atoms with van der Waals surface area (Å²) < 4.78 is 27.4. The van der Waals surface area contributed by atoms with Gasteiger partial charge in [-0.05, 0) is 54.6 Å². The summed E-state index contributed by atoms with van der Waals surface area (Å²) in [6.45, 7) is 0. The van der Waals surface area contributed by atoms with Gasteiger partial charge in [-0.1, -0.05) is 53.2 Å². The third kappa shape index (κ3) is 4.70. The number of nitrogens with one attached hydrogen (secondary N) is 1. The third-order valence-electron chi connectivity index (χ3n) is 3.29. The summed E-state index contributed by atoms with van der Waals surface area (Å²) in [5, 5.41) is 0.502. The van der Waals surface area contributed by atoms with Crippen LogP contribution in [0.3, 0.4) is 0 Å². The highest BCUT2D eigenvalue weighted by Gasteiger charge is 2.15. The smallest absolute Gasteiger partial charge is 0.261 e. The molecule has 0 atom stereocenters. The molecule has 0 aromatic heterocycles. The average molecular weight is 410 g/mol. The maximum atomic E-state index is 12.4. The predicted octanol–water partition coefficient (Wildman–Crippen LogP) is 5.95. The summed E-state index contributed by atoms with van der Waals surface area (Å²) in [6.07, 6.45) is 0. The monoisotopic (exact) mass is 409 g/mol. The molecular formula is C18H13Cl2NO2S2. The lowest BCUT2D eigenvalue weighted by Crippen LogP contribution is -2.12. The average Bonchev–Trinajstić information content (AvgIpc) is 2.60. The van der Waals surface area contributed by atoms with Crippen LogP contribution in [0.5, 0.6) is 0 Å². The van der Waals surface area contributed by atoms with E-state index in [-0.39, 0.29) is 9.92 Å². The van der Waals surface area contributed by atoms with Crippen LogP contribution in [-0.4, -0.2) is 8.42 Å². The normalized spacial score (nSPS) is 11.3. The molecule has 1 N–H and O–H groups in total. The van der Waals surface area contributed by atoms with E-state index >= 15 is 0 Å². The van der Waals surface area contributed by atoms with Crippen LogP contribution in [0.15, 0.2) is 87.5 Å². The highest BCUT2D eigenvalue weighted by atomic mass is 35.5. The molecule has 0 amide bonds. The molecule has 0 aliphatic carbocycles. The minimum Gasteiger partial charge on any atom is -0.280 e. The summed E-state index contributed by atoms with van der Waals surface area (Å²) in [5.74, 6) is 0. The standard InChI is InChI=1S/C18H13Cl2NO2S2/c19-17-11-10-16(12-18(17)20)25(22,23)21-13-6-8-15(9-7-13)24-14-4-2-1-3-5-14/h1-12,21H. The van der Waals surface area contributed by atoms with E-state index in [1.54, 1.807) is 23.9 Å². The van der Waals surface area contributed by atoms with Crippen LogP contribution in [0.25, 0.3) is 0 Å². The second-order valence-corrected chi connectivity index (χ2v) is 8.76. The molecule has 0 unspecified atom stereocenters. The Hall–Kier alpha value is -1.66. The predicted molar refractivity (Wildman–Crippen MR) is 104 cm³/mol. The van der Waals surface area contributed by atoms with Gasteiger partial charge in [-0.2, -0.15) is 0 Å². The molecule has 3 aromatic rings. The fraction of sp³-hybridized carbons (Fsp3) is 0. The Balaban J connectivity index is 1.75. The molecule has 0 aliphatic rings. The van der Waals surface area contributed by atoms with E-state index in [2.05, 4.69) is 4.72 Å². The Morgan fingerprint density at radius 1 is 0.760 bits per heavy atom. The van der Waals surface area contributed by atoms with Gasteiger partial charge < -0.3 is 0 Å². The van der Waals surface area contributed by atoms with Crippen molar-refractivity contribution < 1.29 is 8.42 Å². The Morgan fingerprint density at radius 3 is 2.04 bits per heavy atom. The first kappa shape index (κ1) is 18.1. The molecule has 3 aromatic carbocycles. The fourth-order valence-corrected chi connectivity index (χ4v) is 4.36. The van der Waals surface area contributed by atoms with E-state index in [1.165, 1.54) is 18.2 Å². The number of rotatable bonds is 5. The van der Waals surface area contributed by atoms with Gasteiger partial charge in [-0.3, -0.25) is 4.72 Å². The number of hydrogen-bond donors (Lipinski definition) is 1. The summed E-state index contributed by atoms with van der Waals surface area (Å²) in [6, 6.07) is 21.3. The molecule has 0 bridgehead atoms. The Bertz CT molecular complexity index is 976. The van der Waals surface area contributed by atoms with Crippen LogP contribution in [0.2, 0.25) is 10.0 Å². The van der Waals surface area contributed by atoms with E-state index in [4.69, 9.17) is 23.2 Å². The van der Waals surface area contributed by atoms with E-state index in [9.17, 15) is 8.42 Å². The van der Waals surface area contributed by atoms with Crippen molar-refractivity contribution in [2.24, 2.45) is 0 Å². The quantitative estimate of drug-likeness (QED) is 0.566. The van der Waals surface area contributed by atoms with Crippen molar-refractivity contribution in [3.63, 3.8) is 0 Å². The molecule has 0 spiro atoms. The fourth-order valence-electron chi connectivity index (χ4n) is 2.07. The Morgan fingerprint density at radius 2 is 1.40 bits per heavy atom. The summed E-state index contributed by atoms with van der Waals surface area (Å²) in [4.78, 5) is 2.19. The van der Waals surface area contributed by atoms with Crippen LogP contribution in [-0.2, 0) is 10.0 Å². The second-order valence-electron chi connectivity index (χ2n) is 5.12. The number of halogens is 2. The first-order chi connectivity index (χ1) is 11.9. The van der Waals surface area contributed by atoms with E-state index in [1.807, 2.05) is 42.5 Å². The maximum Gasteiger partial charge on any atom is 0.261 e. The molecule has 0 fully saturated rings. The first-order valence-electron chi connectivity index (χ1n) is 7.25. The van der Waals surface area contributed by atoms with Crippen molar-refractivity contribution in [3.8, 4) is 0 Å². The lowest BCUT2D eigenvalue weighted by Gasteiger charge is -2.09. The SMILES string of the molecule is O=S(=O)(Nc1ccc(Sc2ccccc2)cc1)c1ccc(Cl)c(Cl)c1. The van der Waals surface area contributed by atoms with Crippen LogP contribution >= 0.6 is 35.0 Å². The largest absolute Gasteiger partial charge is 0.280 e. The topological polar surface area (TPSA) is 46.2 Å². The van der Waals surface area contributed by atoms with E-state index in [0.29, 0.717) is 10.7 Å². The van der Waals surface area contributed by atoms with Crippen molar-refractivity contribution in [1.82, 2.24) is 0 Å². The zero-order chi connectivity index (χ0) is 17.9. The molecule has 0 saturated carbocycles. The van der Waals surface area contributed by atoms with Gasteiger partial charge in [-0.15, -0.1) is 0 Å². The highest BCUT2D eigenvalue weighted by Crippen LogP contribution is 2.29. The Labute approximate surface area is 161 Å². The number of anilines is 1. The molecule has 128 valence electrons. The van der Waals surface area contributed by atoms with Gasteiger partial charge in [0, 0.05) is 15.5 Å². The summed E-state index contributed by atoms with van der Waals surface area (Å²) >= 11 is 13.3. The van der Waals surface area contributed by atoms with Crippen LogP contribution in [0, 0.1) is 0 Å². The van der Waals surface area contributed by atoms with Gasteiger partial charge in [0.05, 0.1) is 14.9 Å². The molecule has 0 radical (unpaired) electrons. The molecule has 0 heterocycles. The highest BCUT2D eigenvalue weighted by molar-refractivity contribution is 7.99. The lowest BCUT2D eigenvalue weighted by molar-refractivity contribution is 0.601. The first-order valence-corrected chi connectivity index (χ1v) is 10.3. The van der Waals surface area contributed by atoms with Crippen molar-refractivity contribution in [2.75, 3.05) is 4.72 Å². The number of hydrogen-bond acceptors (Lipinski definition) is 3. The van der Waals surface area contributed by atoms with Crippen molar-refractivity contribution >= 4 is 50.7 Å². The molecule has 3 nitrogen and oxygen atoms in total. The van der Waals surface area contributed by atoms with Crippen LogP contribution in [0.4, 0.5) is 5.69 Å². The third-order valence-corrected chi connectivity index (χ3v) is 6.42.